The summed E-state index contributed by atoms with van der Waals surface area (Å²) in [6.07, 6.45) is 8.65. The summed E-state index contributed by atoms with van der Waals surface area (Å²) in [5.41, 5.74) is 0. The third-order valence-corrected chi connectivity index (χ3v) is 2.03. The van der Waals surface area contributed by atoms with Crippen LogP contribution in [0, 0.1) is 12.3 Å². The van der Waals surface area contributed by atoms with Gasteiger partial charge in [0, 0.05) is 6.61 Å². The van der Waals surface area contributed by atoms with E-state index in [-0.39, 0.29) is 0 Å². The maximum Gasteiger partial charge on any atom is 0.0433 e. The van der Waals surface area contributed by atoms with Gasteiger partial charge in [0.25, 0.3) is 0 Å². The molecule has 1 fully saturated rings. The minimum atomic E-state index is 0.362. The van der Waals surface area contributed by atoms with Crippen molar-refractivity contribution in [1.82, 2.24) is 0 Å². The number of hydrogen-bond acceptors (Lipinski definition) is 1. The standard InChI is InChI=1S/C8H15O/c9-7-6-8-4-2-1-3-5-8/h4,8-9H,1-3,5-7H2. The first-order valence-electron chi connectivity index (χ1n) is 3.87. The number of rotatable bonds is 2. The summed E-state index contributed by atoms with van der Waals surface area (Å²) in [5.74, 6) is 0.726. The van der Waals surface area contributed by atoms with Crippen LogP contribution < -0.4 is 0 Å². The zero-order valence-electron chi connectivity index (χ0n) is 5.84. The molecule has 0 saturated heterocycles. The van der Waals surface area contributed by atoms with E-state index >= 15 is 0 Å². The first-order valence-corrected chi connectivity index (χ1v) is 3.87. The molecule has 0 aromatic heterocycles. The fraction of sp³-hybridized carbons (Fsp3) is 0.875. The molecule has 1 saturated carbocycles. The average molecular weight is 127 g/mol. The fourth-order valence-corrected chi connectivity index (χ4v) is 1.45. The van der Waals surface area contributed by atoms with Gasteiger partial charge in [0.05, 0.1) is 0 Å². The van der Waals surface area contributed by atoms with Crippen LogP contribution in [0.3, 0.4) is 0 Å². The van der Waals surface area contributed by atoms with Crippen molar-refractivity contribution < 1.29 is 5.11 Å². The highest BCUT2D eigenvalue weighted by molar-refractivity contribution is 4.80. The molecule has 53 valence electrons. The summed E-state index contributed by atoms with van der Waals surface area (Å²) in [6.45, 7) is 0.362. The van der Waals surface area contributed by atoms with Crippen molar-refractivity contribution in [2.24, 2.45) is 5.92 Å². The van der Waals surface area contributed by atoms with Gasteiger partial charge in [0.1, 0.15) is 0 Å². The van der Waals surface area contributed by atoms with E-state index in [0.717, 1.165) is 12.3 Å². The first kappa shape index (κ1) is 7.07. The molecule has 1 unspecified atom stereocenters. The largest absolute Gasteiger partial charge is 0.396 e. The molecule has 0 aliphatic heterocycles. The van der Waals surface area contributed by atoms with Gasteiger partial charge in [-0.2, -0.15) is 0 Å². The lowest BCUT2D eigenvalue weighted by Gasteiger charge is -2.19. The van der Waals surface area contributed by atoms with E-state index in [1.165, 1.54) is 25.7 Å². The highest BCUT2D eigenvalue weighted by Crippen LogP contribution is 2.24. The van der Waals surface area contributed by atoms with E-state index in [2.05, 4.69) is 6.42 Å². The topological polar surface area (TPSA) is 20.2 Å². The Labute approximate surface area is 57.1 Å². The minimum Gasteiger partial charge on any atom is -0.396 e. The number of hydrogen-bond donors (Lipinski definition) is 1. The van der Waals surface area contributed by atoms with Crippen LogP contribution in [0.2, 0.25) is 0 Å². The highest BCUT2D eigenvalue weighted by atomic mass is 16.3. The molecule has 0 aromatic rings. The second-order valence-corrected chi connectivity index (χ2v) is 2.79. The number of aliphatic hydroxyl groups excluding tert-OH is 1. The predicted octanol–water partition coefficient (Wildman–Crippen LogP) is 1.76. The first-order chi connectivity index (χ1) is 4.43. The Balaban J connectivity index is 2.08. The van der Waals surface area contributed by atoms with Gasteiger partial charge < -0.3 is 5.11 Å². The maximum atomic E-state index is 8.60. The average Bonchev–Trinajstić information content (AvgIpc) is 1.91. The monoisotopic (exact) mass is 127 g/mol. The summed E-state index contributed by atoms with van der Waals surface area (Å²) in [5, 5.41) is 8.60. The van der Waals surface area contributed by atoms with Gasteiger partial charge >= 0.3 is 0 Å². The van der Waals surface area contributed by atoms with Crippen molar-refractivity contribution in [3.63, 3.8) is 0 Å². The molecule has 0 aromatic carbocycles. The Morgan fingerprint density at radius 2 is 2.33 bits per heavy atom. The van der Waals surface area contributed by atoms with Gasteiger partial charge in [-0.25, -0.2) is 0 Å². The Kier molecular flexibility index (Phi) is 3.05. The maximum absolute atomic E-state index is 8.60. The Hall–Kier alpha value is -0.0400. The second-order valence-electron chi connectivity index (χ2n) is 2.79. The summed E-state index contributed by atoms with van der Waals surface area (Å²) in [4.78, 5) is 0. The lowest BCUT2D eigenvalue weighted by Crippen LogP contribution is -2.08. The van der Waals surface area contributed by atoms with Gasteiger partial charge in [-0.3, -0.25) is 0 Å². The van der Waals surface area contributed by atoms with Crippen LogP contribution in [0.5, 0.6) is 0 Å². The molecule has 1 rings (SSSR count). The van der Waals surface area contributed by atoms with Gasteiger partial charge in [-0.1, -0.05) is 19.3 Å². The van der Waals surface area contributed by atoms with Crippen LogP contribution >= 0.6 is 0 Å². The molecule has 1 atom stereocenters. The highest BCUT2D eigenvalue weighted by Gasteiger charge is 2.11. The second kappa shape index (κ2) is 3.89. The van der Waals surface area contributed by atoms with Crippen LogP contribution in [-0.2, 0) is 0 Å². The third-order valence-electron chi connectivity index (χ3n) is 2.03. The molecule has 1 aliphatic rings. The minimum absolute atomic E-state index is 0.362. The van der Waals surface area contributed by atoms with Crippen molar-refractivity contribution in [3.05, 3.63) is 6.42 Å². The molecule has 1 heteroatoms. The quantitative estimate of drug-likeness (QED) is 0.599. The molecule has 0 bridgehead atoms. The van der Waals surface area contributed by atoms with E-state index < -0.39 is 0 Å². The van der Waals surface area contributed by atoms with E-state index in [0.29, 0.717) is 6.61 Å². The molecule has 1 aliphatic carbocycles. The molecule has 1 radical (unpaired) electrons. The zero-order chi connectivity index (χ0) is 6.53. The van der Waals surface area contributed by atoms with Crippen LogP contribution in [0.25, 0.3) is 0 Å². The number of aliphatic hydroxyl groups is 1. The Bertz CT molecular complexity index is 62.2. The van der Waals surface area contributed by atoms with Crippen molar-refractivity contribution >= 4 is 0 Å². The molecule has 0 amide bonds. The lowest BCUT2D eigenvalue weighted by molar-refractivity contribution is 0.253. The van der Waals surface area contributed by atoms with Crippen LogP contribution in [0.1, 0.15) is 32.1 Å². The van der Waals surface area contributed by atoms with Gasteiger partial charge in [0.2, 0.25) is 0 Å². The SMILES string of the molecule is OCCC1[CH]CCCC1. The normalized spacial score (nSPS) is 22.3. The third kappa shape index (κ3) is 2.35. The van der Waals surface area contributed by atoms with Crippen LogP contribution in [-0.4, -0.2) is 11.7 Å². The molecule has 9 heavy (non-hydrogen) atoms. The molecule has 1 nitrogen and oxygen atoms in total. The molecule has 1 N–H and O–H groups in total. The van der Waals surface area contributed by atoms with E-state index in [9.17, 15) is 0 Å². The van der Waals surface area contributed by atoms with Crippen molar-refractivity contribution in [2.45, 2.75) is 32.1 Å². The Morgan fingerprint density at radius 1 is 1.44 bits per heavy atom. The molecular formula is C8H15O. The zero-order valence-corrected chi connectivity index (χ0v) is 5.84. The summed E-state index contributed by atoms with van der Waals surface area (Å²) >= 11 is 0. The van der Waals surface area contributed by atoms with E-state index in [4.69, 9.17) is 5.11 Å². The van der Waals surface area contributed by atoms with E-state index in [1.807, 2.05) is 0 Å². The molecule has 0 spiro atoms. The van der Waals surface area contributed by atoms with Crippen molar-refractivity contribution in [1.29, 1.82) is 0 Å². The Morgan fingerprint density at radius 3 is 2.89 bits per heavy atom. The smallest absolute Gasteiger partial charge is 0.0433 e. The fourth-order valence-electron chi connectivity index (χ4n) is 1.45. The van der Waals surface area contributed by atoms with Crippen LogP contribution in [0.4, 0.5) is 0 Å². The van der Waals surface area contributed by atoms with Crippen molar-refractivity contribution in [3.8, 4) is 0 Å². The van der Waals surface area contributed by atoms with Gasteiger partial charge in [-0.15, -0.1) is 0 Å². The van der Waals surface area contributed by atoms with Gasteiger partial charge in [-0.05, 0) is 25.2 Å². The molecule has 0 heterocycles. The van der Waals surface area contributed by atoms with E-state index in [1.54, 1.807) is 0 Å². The summed E-state index contributed by atoms with van der Waals surface area (Å²) in [7, 11) is 0. The summed E-state index contributed by atoms with van der Waals surface area (Å²) < 4.78 is 0. The van der Waals surface area contributed by atoms with Gasteiger partial charge in [0.15, 0.2) is 0 Å². The van der Waals surface area contributed by atoms with Crippen molar-refractivity contribution in [2.75, 3.05) is 6.61 Å². The van der Waals surface area contributed by atoms with Crippen LogP contribution in [0.15, 0.2) is 0 Å². The predicted molar refractivity (Wildman–Crippen MR) is 38.0 cm³/mol. The molecular weight excluding hydrogens is 112 g/mol. The summed E-state index contributed by atoms with van der Waals surface area (Å²) in [6, 6.07) is 0. The lowest BCUT2D eigenvalue weighted by atomic mass is 9.87.